The second kappa shape index (κ2) is 11.0. The van der Waals surface area contributed by atoms with Crippen LogP contribution in [0.1, 0.15) is 29.2 Å². The van der Waals surface area contributed by atoms with Gasteiger partial charge in [0.25, 0.3) is 11.7 Å². The monoisotopic (exact) mass is 496 g/mol. The number of aliphatic hydroxyl groups is 1. The van der Waals surface area contributed by atoms with Crippen LogP contribution in [0.4, 0.5) is 0 Å². The van der Waals surface area contributed by atoms with Gasteiger partial charge in [0.1, 0.15) is 11.5 Å². The fourth-order valence-electron chi connectivity index (χ4n) is 4.79. The minimum Gasteiger partial charge on any atom is -0.507 e. The maximum absolute atomic E-state index is 13.3. The molecule has 2 heterocycles. The number of phenolic OH excluding ortho intramolecular Hbond substituents is 1. The molecule has 1 amide bonds. The predicted octanol–water partition coefficient (Wildman–Crippen LogP) is 2.86. The van der Waals surface area contributed by atoms with Crippen molar-refractivity contribution in [1.29, 1.82) is 0 Å². The second-order valence-electron chi connectivity index (χ2n) is 8.92. The van der Waals surface area contributed by atoms with Gasteiger partial charge in [0.2, 0.25) is 0 Å². The third kappa shape index (κ3) is 5.03. The van der Waals surface area contributed by atoms with Crippen molar-refractivity contribution in [1.82, 2.24) is 9.80 Å². The largest absolute Gasteiger partial charge is 0.507 e. The van der Waals surface area contributed by atoms with Gasteiger partial charge in [-0.3, -0.25) is 14.5 Å². The Balaban J connectivity index is 1.73. The molecule has 36 heavy (non-hydrogen) atoms. The van der Waals surface area contributed by atoms with Gasteiger partial charge in [-0.05, 0) is 54.8 Å². The van der Waals surface area contributed by atoms with Gasteiger partial charge in [-0.2, -0.15) is 0 Å². The SMILES string of the molecule is COc1ccc(C(O)=C2C(=O)C(=O)N(CCCN3CCOCC3)C2c2ccc(O)c(OC)c2)cc1C. The number of ether oxygens (including phenoxy) is 3. The zero-order valence-electron chi connectivity index (χ0n) is 20.8. The minimum atomic E-state index is -0.827. The Kier molecular flexibility index (Phi) is 7.81. The first-order valence-electron chi connectivity index (χ1n) is 12.0. The minimum absolute atomic E-state index is 0.00341. The lowest BCUT2D eigenvalue weighted by atomic mass is 9.94. The van der Waals surface area contributed by atoms with Crippen LogP contribution in [-0.4, -0.2) is 85.3 Å². The Morgan fingerprint density at radius 1 is 1.03 bits per heavy atom. The van der Waals surface area contributed by atoms with Crippen molar-refractivity contribution in [2.45, 2.75) is 19.4 Å². The van der Waals surface area contributed by atoms with Crippen molar-refractivity contribution in [3.63, 3.8) is 0 Å². The first kappa shape index (κ1) is 25.5. The second-order valence-corrected chi connectivity index (χ2v) is 8.92. The molecule has 2 aliphatic rings. The van der Waals surface area contributed by atoms with Gasteiger partial charge in [0, 0.05) is 31.7 Å². The van der Waals surface area contributed by atoms with Crippen LogP contribution in [0.5, 0.6) is 17.2 Å². The van der Waals surface area contributed by atoms with Crippen LogP contribution >= 0.6 is 0 Å². The van der Waals surface area contributed by atoms with Crippen molar-refractivity contribution < 1.29 is 34.0 Å². The molecule has 192 valence electrons. The number of hydrogen-bond acceptors (Lipinski definition) is 8. The number of benzene rings is 2. The molecule has 2 fully saturated rings. The van der Waals surface area contributed by atoms with Gasteiger partial charge in [-0.1, -0.05) is 6.07 Å². The summed E-state index contributed by atoms with van der Waals surface area (Å²) in [6.45, 7) is 5.94. The van der Waals surface area contributed by atoms with Gasteiger partial charge in [-0.15, -0.1) is 0 Å². The molecule has 4 rings (SSSR count). The summed E-state index contributed by atoms with van der Waals surface area (Å²) in [6.07, 6.45) is 0.653. The molecule has 0 aromatic heterocycles. The van der Waals surface area contributed by atoms with Crippen LogP contribution in [-0.2, 0) is 14.3 Å². The number of carbonyl (C=O) groups excluding carboxylic acids is 2. The molecule has 0 spiro atoms. The summed E-state index contributed by atoms with van der Waals surface area (Å²) in [7, 11) is 2.99. The first-order valence-corrected chi connectivity index (χ1v) is 12.0. The van der Waals surface area contributed by atoms with E-state index < -0.39 is 17.7 Å². The van der Waals surface area contributed by atoms with E-state index in [-0.39, 0.29) is 22.8 Å². The van der Waals surface area contributed by atoms with E-state index in [1.54, 1.807) is 37.4 Å². The van der Waals surface area contributed by atoms with E-state index >= 15 is 0 Å². The molecule has 1 unspecified atom stereocenters. The number of methoxy groups -OCH3 is 2. The highest BCUT2D eigenvalue weighted by atomic mass is 16.5. The lowest BCUT2D eigenvalue weighted by Gasteiger charge is -2.29. The lowest BCUT2D eigenvalue weighted by Crippen LogP contribution is -2.38. The molecule has 0 aliphatic carbocycles. The zero-order chi connectivity index (χ0) is 25.8. The number of nitrogens with zero attached hydrogens (tertiary/aromatic N) is 2. The molecule has 2 aromatic rings. The Bertz CT molecular complexity index is 1170. The number of carbonyl (C=O) groups is 2. The van der Waals surface area contributed by atoms with Gasteiger partial charge >= 0.3 is 0 Å². The summed E-state index contributed by atoms with van der Waals surface area (Å²) in [6, 6.07) is 8.94. The number of aryl methyl sites for hydroxylation is 1. The van der Waals surface area contributed by atoms with E-state index in [0.29, 0.717) is 43.1 Å². The number of rotatable bonds is 8. The van der Waals surface area contributed by atoms with E-state index in [9.17, 15) is 19.8 Å². The quantitative estimate of drug-likeness (QED) is 0.326. The molecule has 2 saturated heterocycles. The average molecular weight is 497 g/mol. The van der Waals surface area contributed by atoms with Crippen LogP contribution in [0.3, 0.4) is 0 Å². The number of morpholine rings is 1. The summed E-state index contributed by atoms with van der Waals surface area (Å²) in [5.41, 5.74) is 1.75. The number of ketones is 1. The number of Topliss-reactive ketones (excluding diaryl/α,β-unsaturated/α-hetero) is 1. The summed E-state index contributed by atoms with van der Waals surface area (Å²) in [5.74, 6) is -0.866. The molecule has 2 aliphatic heterocycles. The molecule has 0 saturated carbocycles. The van der Waals surface area contributed by atoms with Crippen LogP contribution < -0.4 is 9.47 Å². The number of phenols is 1. The maximum atomic E-state index is 13.3. The number of likely N-dealkylation sites (tertiary alicyclic amines) is 1. The van der Waals surface area contributed by atoms with Gasteiger partial charge in [-0.25, -0.2) is 0 Å². The zero-order valence-corrected chi connectivity index (χ0v) is 20.8. The Labute approximate surface area is 210 Å². The van der Waals surface area contributed by atoms with Crippen LogP contribution in [0.2, 0.25) is 0 Å². The Morgan fingerprint density at radius 2 is 1.75 bits per heavy atom. The highest BCUT2D eigenvalue weighted by Gasteiger charge is 2.46. The Morgan fingerprint density at radius 3 is 2.42 bits per heavy atom. The molecule has 9 nitrogen and oxygen atoms in total. The third-order valence-corrected chi connectivity index (χ3v) is 6.70. The lowest BCUT2D eigenvalue weighted by molar-refractivity contribution is -0.140. The molecule has 2 aromatic carbocycles. The van der Waals surface area contributed by atoms with Crippen molar-refractivity contribution in [3.05, 3.63) is 58.7 Å². The molecule has 9 heteroatoms. The first-order chi connectivity index (χ1) is 17.3. The normalized spacial score (nSPS) is 20.1. The summed E-state index contributed by atoms with van der Waals surface area (Å²) in [5, 5.41) is 21.4. The molecular weight excluding hydrogens is 464 g/mol. The summed E-state index contributed by atoms with van der Waals surface area (Å²) >= 11 is 0. The molecule has 0 bridgehead atoms. The summed E-state index contributed by atoms with van der Waals surface area (Å²) in [4.78, 5) is 30.2. The van der Waals surface area contributed by atoms with Crippen molar-refractivity contribution in [3.8, 4) is 17.2 Å². The standard InChI is InChI=1S/C27H32N2O7/c1-17-15-19(6-8-21(17)34-2)25(31)23-24(18-5-7-20(30)22(16-18)35-3)29(27(33)26(23)32)10-4-9-28-11-13-36-14-12-28/h5-8,15-16,24,30-31H,4,9-14H2,1-3H3. The number of aliphatic hydroxyl groups excluding tert-OH is 1. The predicted molar refractivity (Wildman–Crippen MR) is 133 cm³/mol. The fraction of sp³-hybridized carbons (Fsp3) is 0.407. The van der Waals surface area contributed by atoms with E-state index in [1.165, 1.54) is 18.1 Å². The van der Waals surface area contributed by atoms with Crippen LogP contribution in [0.15, 0.2) is 42.0 Å². The van der Waals surface area contributed by atoms with Gasteiger partial charge < -0.3 is 29.3 Å². The van der Waals surface area contributed by atoms with Crippen molar-refractivity contribution in [2.75, 3.05) is 53.6 Å². The number of aromatic hydroxyl groups is 1. The number of hydrogen-bond donors (Lipinski definition) is 2. The van der Waals surface area contributed by atoms with E-state index in [2.05, 4.69) is 4.90 Å². The Hall–Kier alpha value is -3.56. The summed E-state index contributed by atoms with van der Waals surface area (Å²) < 4.78 is 16.0. The number of amides is 1. The fourth-order valence-corrected chi connectivity index (χ4v) is 4.79. The van der Waals surface area contributed by atoms with Crippen LogP contribution in [0, 0.1) is 6.92 Å². The van der Waals surface area contributed by atoms with E-state index in [0.717, 1.165) is 25.2 Å². The van der Waals surface area contributed by atoms with Crippen LogP contribution in [0.25, 0.3) is 5.76 Å². The van der Waals surface area contributed by atoms with E-state index in [4.69, 9.17) is 14.2 Å². The van der Waals surface area contributed by atoms with E-state index in [1.807, 2.05) is 6.92 Å². The molecule has 2 N–H and O–H groups in total. The third-order valence-electron chi connectivity index (χ3n) is 6.70. The van der Waals surface area contributed by atoms with Crippen molar-refractivity contribution in [2.24, 2.45) is 0 Å². The van der Waals surface area contributed by atoms with Gasteiger partial charge in [0.15, 0.2) is 11.5 Å². The molecule has 0 radical (unpaired) electrons. The maximum Gasteiger partial charge on any atom is 0.295 e. The molecule has 1 atom stereocenters. The topological polar surface area (TPSA) is 109 Å². The smallest absolute Gasteiger partial charge is 0.295 e. The average Bonchev–Trinajstić information content (AvgIpc) is 3.14. The van der Waals surface area contributed by atoms with Gasteiger partial charge in [0.05, 0.1) is 39.0 Å². The molecular formula is C27H32N2O7. The highest BCUT2D eigenvalue weighted by Crippen LogP contribution is 2.42. The van der Waals surface area contributed by atoms with Crippen molar-refractivity contribution >= 4 is 17.4 Å². The highest BCUT2D eigenvalue weighted by molar-refractivity contribution is 6.46.